The predicted octanol–water partition coefficient (Wildman–Crippen LogP) is 3.21. The number of hydrogen-bond acceptors (Lipinski definition) is 5. The summed E-state index contributed by atoms with van der Waals surface area (Å²) < 4.78 is 10.1. The van der Waals surface area contributed by atoms with Crippen molar-refractivity contribution in [2.75, 3.05) is 19.5 Å². The van der Waals surface area contributed by atoms with E-state index in [1.807, 2.05) is 32.0 Å². The highest BCUT2D eigenvalue weighted by Crippen LogP contribution is 2.28. The largest absolute Gasteiger partial charge is 0.466 e. The molecule has 0 atom stereocenters. The Balaban J connectivity index is 3.18. The van der Waals surface area contributed by atoms with Gasteiger partial charge in [-0.25, -0.2) is 9.59 Å². The van der Waals surface area contributed by atoms with Gasteiger partial charge in [0.25, 0.3) is 0 Å². The van der Waals surface area contributed by atoms with E-state index in [2.05, 4.69) is 30.7 Å². The monoisotopic (exact) mass is 355 g/mol. The molecule has 21 heavy (non-hydrogen) atoms. The van der Waals surface area contributed by atoms with E-state index >= 15 is 0 Å². The molecule has 0 radical (unpaired) electrons. The van der Waals surface area contributed by atoms with E-state index in [-0.39, 0.29) is 11.6 Å². The molecule has 0 amide bonds. The van der Waals surface area contributed by atoms with Gasteiger partial charge in [-0.15, -0.1) is 0 Å². The van der Waals surface area contributed by atoms with Gasteiger partial charge in [-0.05, 0) is 29.7 Å². The van der Waals surface area contributed by atoms with E-state index in [1.165, 1.54) is 14.2 Å². The van der Waals surface area contributed by atoms with Crippen molar-refractivity contribution in [3.8, 4) is 0 Å². The van der Waals surface area contributed by atoms with Gasteiger partial charge in [-0.1, -0.05) is 29.8 Å². The van der Waals surface area contributed by atoms with Crippen LogP contribution in [0.1, 0.15) is 25.3 Å². The zero-order chi connectivity index (χ0) is 16.0. The fraction of sp³-hybridized carbons (Fsp3) is 0.333. The molecule has 1 rings (SSSR count). The van der Waals surface area contributed by atoms with Gasteiger partial charge in [0, 0.05) is 10.2 Å². The van der Waals surface area contributed by atoms with E-state index in [9.17, 15) is 9.59 Å². The first kappa shape index (κ1) is 17.2. The fourth-order valence-corrected chi connectivity index (χ4v) is 2.08. The predicted molar refractivity (Wildman–Crippen MR) is 84.0 cm³/mol. The number of rotatable bonds is 5. The summed E-state index contributed by atoms with van der Waals surface area (Å²) in [6.45, 7) is 4.07. The summed E-state index contributed by atoms with van der Waals surface area (Å²) in [6.07, 6.45) is 1.07. The normalized spacial score (nSPS) is 11.2. The van der Waals surface area contributed by atoms with Crippen molar-refractivity contribution in [1.82, 2.24) is 0 Å². The Morgan fingerprint density at radius 3 is 2.43 bits per heavy atom. The zero-order valence-electron chi connectivity index (χ0n) is 12.4. The second-order valence-electron chi connectivity index (χ2n) is 4.58. The summed E-state index contributed by atoms with van der Waals surface area (Å²) in [5, 5.41) is 2.94. The maximum atomic E-state index is 11.7. The first-order valence-corrected chi connectivity index (χ1v) is 7.12. The summed E-state index contributed by atoms with van der Waals surface area (Å²) in [4.78, 5) is 23.1. The van der Waals surface area contributed by atoms with Crippen molar-refractivity contribution in [3.63, 3.8) is 0 Å². The lowest BCUT2D eigenvalue weighted by atomic mass is 10.0. The molecule has 0 saturated heterocycles. The quantitative estimate of drug-likeness (QED) is 0.648. The lowest BCUT2D eigenvalue weighted by molar-refractivity contribution is -0.138. The Morgan fingerprint density at radius 2 is 1.90 bits per heavy atom. The van der Waals surface area contributed by atoms with Crippen LogP contribution in [-0.2, 0) is 19.1 Å². The van der Waals surface area contributed by atoms with Gasteiger partial charge in [0.15, 0.2) is 0 Å². The highest BCUT2D eigenvalue weighted by Gasteiger charge is 2.15. The third-order valence-corrected chi connectivity index (χ3v) is 3.27. The first-order chi connectivity index (χ1) is 9.88. The van der Waals surface area contributed by atoms with Crippen LogP contribution in [0.5, 0.6) is 0 Å². The molecular weight excluding hydrogens is 338 g/mol. The number of carbonyl (C=O) groups is 2. The molecular formula is C15H18BrNO4. The lowest BCUT2D eigenvalue weighted by Gasteiger charge is -2.16. The molecule has 5 nitrogen and oxygen atoms in total. The molecule has 0 unspecified atom stereocenters. The fourth-order valence-electron chi connectivity index (χ4n) is 1.70. The maximum Gasteiger partial charge on any atom is 0.354 e. The van der Waals surface area contributed by atoms with Crippen LogP contribution >= 0.6 is 15.9 Å². The number of halogens is 1. The summed E-state index contributed by atoms with van der Waals surface area (Å²) in [7, 11) is 2.49. The minimum Gasteiger partial charge on any atom is -0.466 e. The molecule has 0 aliphatic carbocycles. The van der Waals surface area contributed by atoms with E-state index < -0.39 is 11.9 Å². The van der Waals surface area contributed by atoms with Crippen molar-refractivity contribution >= 4 is 33.6 Å². The van der Waals surface area contributed by atoms with E-state index in [4.69, 9.17) is 0 Å². The summed E-state index contributed by atoms with van der Waals surface area (Å²) >= 11 is 3.42. The van der Waals surface area contributed by atoms with Crippen LogP contribution in [0.2, 0.25) is 0 Å². The molecule has 0 fully saturated rings. The number of anilines is 1. The average Bonchev–Trinajstić information content (AvgIpc) is 2.46. The van der Waals surface area contributed by atoms with Gasteiger partial charge in [-0.3, -0.25) is 0 Å². The van der Waals surface area contributed by atoms with Gasteiger partial charge < -0.3 is 14.8 Å². The second kappa shape index (κ2) is 7.83. The van der Waals surface area contributed by atoms with Gasteiger partial charge in [0.1, 0.15) is 5.70 Å². The molecule has 0 heterocycles. The minimum absolute atomic E-state index is 0.0218. The van der Waals surface area contributed by atoms with Crippen LogP contribution in [0, 0.1) is 0 Å². The topological polar surface area (TPSA) is 64.6 Å². The van der Waals surface area contributed by atoms with E-state index in [1.54, 1.807) is 0 Å². The smallest absolute Gasteiger partial charge is 0.354 e. The van der Waals surface area contributed by atoms with Crippen molar-refractivity contribution in [2.24, 2.45) is 0 Å². The Bertz CT molecular complexity index is 567. The number of methoxy groups -OCH3 is 2. The van der Waals surface area contributed by atoms with Crippen LogP contribution in [0.15, 0.2) is 34.4 Å². The third-order valence-electron chi connectivity index (χ3n) is 2.77. The van der Waals surface area contributed by atoms with Crippen molar-refractivity contribution in [1.29, 1.82) is 0 Å². The Kier molecular flexibility index (Phi) is 6.42. The van der Waals surface area contributed by atoms with Crippen molar-refractivity contribution in [2.45, 2.75) is 19.8 Å². The number of ether oxygens (including phenoxy) is 2. The van der Waals surface area contributed by atoms with Gasteiger partial charge in [0.2, 0.25) is 0 Å². The average molecular weight is 356 g/mol. The molecule has 114 valence electrons. The third kappa shape index (κ3) is 4.90. The van der Waals surface area contributed by atoms with Crippen LogP contribution in [0.3, 0.4) is 0 Å². The molecule has 0 aliphatic heterocycles. The standard InChI is InChI=1S/C15H18BrNO4/c1-9(2)11-7-10(16)5-6-12(11)17-13(15(19)21-4)8-14(18)20-3/h5-9,17H,1-4H3/b13-8+. The number of carbonyl (C=O) groups excluding carboxylic acids is 2. The molecule has 6 heteroatoms. The van der Waals surface area contributed by atoms with Gasteiger partial charge >= 0.3 is 11.9 Å². The number of nitrogens with one attached hydrogen (secondary N) is 1. The Labute approximate surface area is 132 Å². The first-order valence-electron chi connectivity index (χ1n) is 6.33. The van der Waals surface area contributed by atoms with Crippen molar-refractivity contribution in [3.05, 3.63) is 40.0 Å². The molecule has 0 aliphatic rings. The molecule has 0 saturated carbocycles. The van der Waals surface area contributed by atoms with Crippen molar-refractivity contribution < 1.29 is 19.1 Å². The minimum atomic E-state index is -0.641. The van der Waals surface area contributed by atoms with Gasteiger partial charge in [-0.2, -0.15) is 0 Å². The zero-order valence-corrected chi connectivity index (χ0v) is 14.0. The molecule has 1 aromatic rings. The molecule has 0 aromatic heterocycles. The Hall–Kier alpha value is -1.82. The molecule has 0 spiro atoms. The number of hydrogen-bond donors (Lipinski definition) is 1. The maximum absolute atomic E-state index is 11.7. The highest BCUT2D eigenvalue weighted by molar-refractivity contribution is 9.10. The summed E-state index contributed by atoms with van der Waals surface area (Å²) in [5.74, 6) is -1.04. The molecule has 0 bridgehead atoms. The Morgan fingerprint density at radius 1 is 1.24 bits per heavy atom. The van der Waals surface area contributed by atoms with Crippen LogP contribution in [0.4, 0.5) is 5.69 Å². The van der Waals surface area contributed by atoms with Crippen LogP contribution in [-0.4, -0.2) is 26.2 Å². The lowest BCUT2D eigenvalue weighted by Crippen LogP contribution is -2.16. The SMILES string of the molecule is COC(=O)/C=C(/Nc1ccc(Br)cc1C(C)C)C(=O)OC. The second-order valence-corrected chi connectivity index (χ2v) is 5.50. The summed E-state index contributed by atoms with van der Waals surface area (Å²) in [6, 6.07) is 5.63. The number of benzene rings is 1. The molecule has 1 N–H and O–H groups in total. The van der Waals surface area contributed by atoms with Crippen LogP contribution in [0.25, 0.3) is 0 Å². The van der Waals surface area contributed by atoms with Crippen LogP contribution < -0.4 is 5.32 Å². The van der Waals surface area contributed by atoms with E-state index in [0.29, 0.717) is 0 Å². The molecule has 1 aromatic carbocycles. The van der Waals surface area contributed by atoms with E-state index in [0.717, 1.165) is 21.8 Å². The highest BCUT2D eigenvalue weighted by atomic mass is 79.9. The van der Waals surface area contributed by atoms with Gasteiger partial charge in [0.05, 0.1) is 20.3 Å². The summed E-state index contributed by atoms with van der Waals surface area (Å²) in [5.41, 5.74) is 1.76. The number of esters is 2.